The van der Waals surface area contributed by atoms with Crippen LogP contribution in [0, 0.1) is 5.92 Å². The van der Waals surface area contributed by atoms with Crippen LogP contribution in [-0.2, 0) is 13.1 Å². The Bertz CT molecular complexity index is 353. The van der Waals surface area contributed by atoms with Crippen molar-refractivity contribution in [3.63, 3.8) is 0 Å². The zero-order valence-electron chi connectivity index (χ0n) is 9.69. The van der Waals surface area contributed by atoms with Gasteiger partial charge in [-0.3, -0.25) is 4.90 Å². The van der Waals surface area contributed by atoms with Gasteiger partial charge in [-0.25, -0.2) is 0 Å². The summed E-state index contributed by atoms with van der Waals surface area (Å²) >= 11 is 0. The fraction of sp³-hybridized carbons (Fsp3) is 0.692. The summed E-state index contributed by atoms with van der Waals surface area (Å²) in [6.07, 6.45) is 7.39. The van der Waals surface area contributed by atoms with Crippen molar-refractivity contribution in [3.8, 4) is 0 Å². The predicted molar refractivity (Wildman–Crippen MR) is 62.8 cm³/mol. The number of hydrogen-bond donors (Lipinski definition) is 1. The summed E-state index contributed by atoms with van der Waals surface area (Å²) in [4.78, 5) is 2.59. The molecule has 0 saturated heterocycles. The summed E-state index contributed by atoms with van der Waals surface area (Å²) in [6.45, 7) is 2.82. The molecule has 0 spiro atoms. The van der Waals surface area contributed by atoms with Crippen molar-refractivity contribution in [2.24, 2.45) is 11.7 Å². The van der Waals surface area contributed by atoms with Gasteiger partial charge in [0.05, 0.1) is 12.8 Å². The molecule has 88 valence electrons. The lowest BCUT2D eigenvalue weighted by Gasteiger charge is -2.20. The van der Waals surface area contributed by atoms with E-state index in [1.165, 1.54) is 32.2 Å². The third-order valence-corrected chi connectivity index (χ3v) is 3.56. The monoisotopic (exact) mass is 220 g/mol. The Morgan fingerprint density at radius 3 is 2.69 bits per heavy atom. The Kier molecular flexibility index (Phi) is 2.74. The summed E-state index contributed by atoms with van der Waals surface area (Å²) in [7, 11) is 0. The number of furan rings is 1. The van der Waals surface area contributed by atoms with Gasteiger partial charge in [-0.15, -0.1) is 0 Å². The van der Waals surface area contributed by atoms with Crippen molar-refractivity contribution < 1.29 is 4.42 Å². The van der Waals surface area contributed by atoms with E-state index in [4.69, 9.17) is 10.2 Å². The van der Waals surface area contributed by atoms with Crippen LogP contribution >= 0.6 is 0 Å². The minimum atomic E-state index is 0.579. The first-order chi connectivity index (χ1) is 7.85. The van der Waals surface area contributed by atoms with Crippen molar-refractivity contribution in [3.05, 3.63) is 23.7 Å². The van der Waals surface area contributed by atoms with E-state index in [2.05, 4.69) is 11.0 Å². The third-order valence-electron chi connectivity index (χ3n) is 3.56. The van der Waals surface area contributed by atoms with E-state index in [1.54, 1.807) is 6.26 Å². The standard InChI is InChI=1S/C13H20N2O/c14-6-11-5-13(16-9-11)8-15(12-3-4-12)7-10-1-2-10/h5,9-10,12H,1-4,6-8,14H2. The third kappa shape index (κ3) is 2.47. The van der Waals surface area contributed by atoms with Gasteiger partial charge in [0.2, 0.25) is 0 Å². The molecule has 0 bridgehead atoms. The first-order valence-electron chi connectivity index (χ1n) is 6.35. The highest BCUT2D eigenvalue weighted by Crippen LogP contribution is 2.35. The molecule has 3 nitrogen and oxygen atoms in total. The summed E-state index contributed by atoms with van der Waals surface area (Å²) in [6, 6.07) is 2.93. The Morgan fingerprint density at radius 2 is 2.12 bits per heavy atom. The van der Waals surface area contributed by atoms with Crippen molar-refractivity contribution in [2.75, 3.05) is 6.54 Å². The van der Waals surface area contributed by atoms with Crippen molar-refractivity contribution in [2.45, 2.75) is 44.8 Å². The van der Waals surface area contributed by atoms with E-state index in [1.807, 2.05) is 0 Å². The van der Waals surface area contributed by atoms with Crippen LogP contribution in [0.5, 0.6) is 0 Å². The molecule has 1 aromatic rings. The summed E-state index contributed by atoms with van der Waals surface area (Å²) < 4.78 is 5.54. The molecule has 1 aromatic heterocycles. The van der Waals surface area contributed by atoms with Crippen LogP contribution in [0.3, 0.4) is 0 Å². The maximum absolute atomic E-state index is 5.58. The molecule has 2 saturated carbocycles. The molecule has 2 fully saturated rings. The van der Waals surface area contributed by atoms with Crippen LogP contribution in [0.4, 0.5) is 0 Å². The SMILES string of the molecule is NCc1coc(CN(CC2CC2)C2CC2)c1. The predicted octanol–water partition coefficient (Wildman–Crippen LogP) is 2.11. The molecule has 2 aliphatic carbocycles. The van der Waals surface area contributed by atoms with Crippen LogP contribution in [0.25, 0.3) is 0 Å². The van der Waals surface area contributed by atoms with Crippen LogP contribution in [0.15, 0.2) is 16.7 Å². The highest BCUT2D eigenvalue weighted by molar-refractivity contribution is 5.12. The van der Waals surface area contributed by atoms with E-state index in [0.717, 1.165) is 29.8 Å². The van der Waals surface area contributed by atoms with Gasteiger partial charge in [0, 0.05) is 24.7 Å². The Hall–Kier alpha value is -0.800. The van der Waals surface area contributed by atoms with Gasteiger partial charge < -0.3 is 10.2 Å². The van der Waals surface area contributed by atoms with Crippen molar-refractivity contribution >= 4 is 0 Å². The Balaban J connectivity index is 1.60. The Labute approximate surface area is 96.6 Å². The van der Waals surface area contributed by atoms with Gasteiger partial charge in [0.1, 0.15) is 5.76 Å². The highest BCUT2D eigenvalue weighted by atomic mass is 16.3. The van der Waals surface area contributed by atoms with E-state index < -0.39 is 0 Å². The molecule has 0 aliphatic heterocycles. The van der Waals surface area contributed by atoms with Gasteiger partial charge >= 0.3 is 0 Å². The normalized spacial score (nSPS) is 20.6. The number of rotatable bonds is 6. The average molecular weight is 220 g/mol. The number of nitrogens with zero attached hydrogens (tertiary/aromatic N) is 1. The molecular formula is C13H20N2O. The topological polar surface area (TPSA) is 42.4 Å². The number of nitrogens with two attached hydrogens (primary N) is 1. The van der Waals surface area contributed by atoms with Crippen molar-refractivity contribution in [1.29, 1.82) is 0 Å². The second-order valence-corrected chi connectivity index (χ2v) is 5.23. The first-order valence-corrected chi connectivity index (χ1v) is 6.35. The van der Waals surface area contributed by atoms with E-state index in [9.17, 15) is 0 Å². The van der Waals surface area contributed by atoms with Gasteiger partial charge in [-0.05, 0) is 37.7 Å². The molecule has 2 aliphatic rings. The molecule has 1 heterocycles. The molecule has 0 radical (unpaired) electrons. The lowest BCUT2D eigenvalue weighted by atomic mass is 10.3. The minimum absolute atomic E-state index is 0.579. The van der Waals surface area contributed by atoms with Gasteiger partial charge in [0.15, 0.2) is 0 Å². The number of hydrogen-bond acceptors (Lipinski definition) is 3. The fourth-order valence-corrected chi connectivity index (χ4v) is 2.23. The fourth-order valence-electron chi connectivity index (χ4n) is 2.23. The molecule has 0 aromatic carbocycles. The minimum Gasteiger partial charge on any atom is -0.468 e. The summed E-state index contributed by atoms with van der Waals surface area (Å²) in [5.74, 6) is 2.04. The Morgan fingerprint density at radius 1 is 1.31 bits per heavy atom. The quantitative estimate of drug-likeness (QED) is 0.798. The zero-order chi connectivity index (χ0) is 11.0. The molecule has 0 atom stereocenters. The van der Waals surface area contributed by atoms with E-state index >= 15 is 0 Å². The summed E-state index contributed by atoms with van der Waals surface area (Å²) in [5, 5.41) is 0. The molecule has 2 N–H and O–H groups in total. The molecule has 0 unspecified atom stereocenters. The van der Waals surface area contributed by atoms with Crippen LogP contribution in [-0.4, -0.2) is 17.5 Å². The van der Waals surface area contributed by atoms with Crippen LogP contribution < -0.4 is 5.73 Å². The van der Waals surface area contributed by atoms with Gasteiger partial charge in [-0.1, -0.05) is 0 Å². The maximum Gasteiger partial charge on any atom is 0.118 e. The second-order valence-electron chi connectivity index (χ2n) is 5.23. The van der Waals surface area contributed by atoms with Gasteiger partial charge in [-0.2, -0.15) is 0 Å². The van der Waals surface area contributed by atoms with Crippen molar-refractivity contribution in [1.82, 2.24) is 4.90 Å². The molecule has 3 rings (SSSR count). The largest absolute Gasteiger partial charge is 0.468 e. The molecule has 0 amide bonds. The summed E-state index contributed by atoms with van der Waals surface area (Å²) in [5.41, 5.74) is 6.69. The smallest absolute Gasteiger partial charge is 0.118 e. The lowest BCUT2D eigenvalue weighted by molar-refractivity contribution is 0.224. The van der Waals surface area contributed by atoms with E-state index in [-0.39, 0.29) is 0 Å². The van der Waals surface area contributed by atoms with Crippen LogP contribution in [0.1, 0.15) is 37.0 Å². The van der Waals surface area contributed by atoms with Gasteiger partial charge in [0.25, 0.3) is 0 Å². The molecule has 3 heteroatoms. The van der Waals surface area contributed by atoms with E-state index in [0.29, 0.717) is 6.54 Å². The molecule has 16 heavy (non-hydrogen) atoms. The average Bonchev–Trinajstić information content (AvgIpc) is 3.17. The lowest BCUT2D eigenvalue weighted by Crippen LogP contribution is -2.27. The highest BCUT2D eigenvalue weighted by Gasteiger charge is 2.33. The van der Waals surface area contributed by atoms with Crippen LogP contribution in [0.2, 0.25) is 0 Å². The first kappa shape index (κ1) is 10.4. The molecular weight excluding hydrogens is 200 g/mol. The zero-order valence-corrected chi connectivity index (χ0v) is 9.69. The second kappa shape index (κ2) is 4.22. The maximum atomic E-state index is 5.58.